The number of rotatable bonds is 5. The summed E-state index contributed by atoms with van der Waals surface area (Å²) in [6.45, 7) is 0.236. The van der Waals surface area contributed by atoms with E-state index in [2.05, 4.69) is 9.97 Å². The lowest BCUT2D eigenvalue weighted by molar-refractivity contribution is -0.114. The minimum Gasteiger partial charge on any atom is -0.280 e. The lowest BCUT2D eigenvalue weighted by atomic mass is 10.2. The van der Waals surface area contributed by atoms with Crippen LogP contribution in [0.25, 0.3) is 16.3 Å². The van der Waals surface area contributed by atoms with Crippen LogP contribution < -0.4 is 4.90 Å². The Morgan fingerprint density at radius 3 is 2.75 bits per heavy atom. The van der Waals surface area contributed by atoms with Crippen LogP contribution in [0.5, 0.6) is 0 Å². The fourth-order valence-electron chi connectivity index (χ4n) is 2.60. The molecule has 0 bridgehead atoms. The maximum Gasteiger partial charge on any atom is 0.253 e. The van der Waals surface area contributed by atoms with Crippen LogP contribution in [0, 0.1) is 11.6 Å². The molecule has 0 fully saturated rings. The molecule has 1 amide bonds. The Labute approximate surface area is 167 Å². The van der Waals surface area contributed by atoms with Gasteiger partial charge in [0.15, 0.2) is 10.9 Å². The van der Waals surface area contributed by atoms with Gasteiger partial charge in [-0.3, -0.25) is 14.7 Å². The summed E-state index contributed by atoms with van der Waals surface area (Å²) in [6, 6.07) is 9.38. The van der Waals surface area contributed by atoms with Gasteiger partial charge in [-0.2, -0.15) is 0 Å². The number of halogens is 2. The predicted molar refractivity (Wildman–Crippen MR) is 108 cm³/mol. The zero-order valence-electron chi connectivity index (χ0n) is 14.4. The molecule has 3 aromatic heterocycles. The Morgan fingerprint density at radius 1 is 1.18 bits per heavy atom. The lowest BCUT2D eigenvalue weighted by Gasteiger charge is -2.18. The van der Waals surface area contributed by atoms with Gasteiger partial charge in [0.25, 0.3) is 5.91 Å². The molecular weight excluding hydrogens is 400 g/mol. The van der Waals surface area contributed by atoms with Crippen LogP contribution in [0.3, 0.4) is 0 Å². The van der Waals surface area contributed by atoms with Crippen molar-refractivity contribution in [1.29, 1.82) is 0 Å². The normalized spacial score (nSPS) is 11.4. The molecule has 8 heteroatoms. The van der Waals surface area contributed by atoms with Gasteiger partial charge in [0.2, 0.25) is 0 Å². The second kappa shape index (κ2) is 7.95. The van der Waals surface area contributed by atoms with Gasteiger partial charge < -0.3 is 0 Å². The number of amides is 1. The van der Waals surface area contributed by atoms with E-state index in [1.807, 2.05) is 17.5 Å². The first-order valence-corrected chi connectivity index (χ1v) is 9.97. The zero-order chi connectivity index (χ0) is 19.5. The van der Waals surface area contributed by atoms with Crippen molar-refractivity contribution in [1.82, 2.24) is 9.97 Å². The standard InChI is InChI=1S/C20H13F2N3OS2/c21-14-10-16(22)19-17(11-14)28-20(24-19)25(12-13-5-7-23-8-6-13)18(26)4-3-15-2-1-9-27-15/h1-11H,12H2/b4-3+. The summed E-state index contributed by atoms with van der Waals surface area (Å²) in [5, 5.41) is 2.22. The zero-order valence-corrected chi connectivity index (χ0v) is 16.0. The second-order valence-corrected chi connectivity index (χ2v) is 7.85. The third-order valence-corrected chi connectivity index (χ3v) is 5.79. The topological polar surface area (TPSA) is 46.1 Å². The largest absolute Gasteiger partial charge is 0.280 e. The van der Waals surface area contributed by atoms with Gasteiger partial charge in [-0.05, 0) is 41.3 Å². The van der Waals surface area contributed by atoms with Crippen molar-refractivity contribution in [3.8, 4) is 0 Å². The Hall–Kier alpha value is -2.97. The van der Waals surface area contributed by atoms with Gasteiger partial charge in [-0.1, -0.05) is 17.4 Å². The number of nitrogens with zero attached hydrogens (tertiary/aromatic N) is 3. The Kier molecular flexibility index (Phi) is 5.23. The molecule has 4 rings (SSSR count). The molecule has 4 aromatic rings. The number of carbonyl (C=O) groups excluding carboxylic acids is 1. The number of hydrogen-bond acceptors (Lipinski definition) is 5. The number of thiazole rings is 1. The Morgan fingerprint density at radius 2 is 2.00 bits per heavy atom. The number of pyridine rings is 1. The van der Waals surface area contributed by atoms with Crippen LogP contribution in [0.2, 0.25) is 0 Å². The first-order valence-electron chi connectivity index (χ1n) is 8.28. The highest BCUT2D eigenvalue weighted by atomic mass is 32.1. The number of thiophene rings is 1. The van der Waals surface area contributed by atoms with E-state index < -0.39 is 11.6 Å². The molecule has 0 unspecified atom stereocenters. The fraction of sp³-hybridized carbons (Fsp3) is 0.0500. The van der Waals surface area contributed by atoms with Crippen molar-refractivity contribution in [2.45, 2.75) is 6.54 Å². The molecule has 0 atom stereocenters. The number of fused-ring (bicyclic) bond motifs is 1. The fourth-order valence-corrected chi connectivity index (χ4v) is 4.23. The van der Waals surface area contributed by atoms with Crippen molar-refractivity contribution < 1.29 is 13.6 Å². The van der Waals surface area contributed by atoms with Crippen LogP contribution in [-0.4, -0.2) is 15.9 Å². The first-order chi connectivity index (χ1) is 13.6. The van der Waals surface area contributed by atoms with Gasteiger partial charge in [0, 0.05) is 29.4 Å². The second-order valence-electron chi connectivity index (χ2n) is 5.86. The van der Waals surface area contributed by atoms with Crippen LogP contribution >= 0.6 is 22.7 Å². The molecule has 140 valence electrons. The molecule has 0 aliphatic rings. The number of benzene rings is 1. The molecule has 3 heterocycles. The van der Waals surface area contributed by atoms with E-state index in [1.54, 1.807) is 30.6 Å². The molecule has 0 N–H and O–H groups in total. The van der Waals surface area contributed by atoms with E-state index in [-0.39, 0.29) is 18.0 Å². The van der Waals surface area contributed by atoms with E-state index in [9.17, 15) is 13.6 Å². The monoisotopic (exact) mass is 413 g/mol. The average molecular weight is 413 g/mol. The van der Waals surface area contributed by atoms with Crippen molar-refractivity contribution in [3.63, 3.8) is 0 Å². The third-order valence-electron chi connectivity index (χ3n) is 3.92. The summed E-state index contributed by atoms with van der Waals surface area (Å²) < 4.78 is 27.9. The van der Waals surface area contributed by atoms with Gasteiger partial charge >= 0.3 is 0 Å². The summed E-state index contributed by atoms with van der Waals surface area (Å²) >= 11 is 2.59. The Bertz CT molecular complexity index is 1140. The summed E-state index contributed by atoms with van der Waals surface area (Å²) in [7, 11) is 0. The number of anilines is 1. The number of hydrogen-bond donors (Lipinski definition) is 0. The molecule has 0 aliphatic carbocycles. The summed E-state index contributed by atoms with van der Waals surface area (Å²) in [4.78, 5) is 23.5. The number of carbonyl (C=O) groups is 1. The van der Waals surface area contributed by atoms with E-state index in [0.29, 0.717) is 9.83 Å². The van der Waals surface area contributed by atoms with Crippen LogP contribution in [0.15, 0.2) is 60.2 Å². The van der Waals surface area contributed by atoms with E-state index >= 15 is 0 Å². The molecule has 28 heavy (non-hydrogen) atoms. The van der Waals surface area contributed by atoms with E-state index in [4.69, 9.17) is 0 Å². The van der Waals surface area contributed by atoms with Gasteiger partial charge in [-0.15, -0.1) is 11.3 Å². The summed E-state index contributed by atoms with van der Waals surface area (Å²) in [5.74, 6) is -1.72. The molecule has 0 saturated heterocycles. The van der Waals surface area contributed by atoms with Crippen molar-refractivity contribution in [2.24, 2.45) is 0 Å². The molecular formula is C20H13F2N3OS2. The van der Waals surface area contributed by atoms with Gasteiger partial charge in [0.05, 0.1) is 11.2 Å². The molecule has 0 spiro atoms. The lowest BCUT2D eigenvalue weighted by Crippen LogP contribution is -2.28. The average Bonchev–Trinajstić information content (AvgIpc) is 3.34. The maximum absolute atomic E-state index is 14.1. The predicted octanol–water partition coefficient (Wildman–Crippen LogP) is 5.28. The Balaban J connectivity index is 1.72. The van der Waals surface area contributed by atoms with E-state index in [0.717, 1.165) is 27.8 Å². The maximum atomic E-state index is 14.1. The third kappa shape index (κ3) is 3.97. The highest BCUT2D eigenvalue weighted by molar-refractivity contribution is 7.22. The smallest absolute Gasteiger partial charge is 0.253 e. The highest BCUT2D eigenvalue weighted by Crippen LogP contribution is 2.32. The minimum atomic E-state index is -0.747. The van der Waals surface area contributed by atoms with Crippen molar-refractivity contribution in [3.05, 3.63) is 82.3 Å². The minimum absolute atomic E-state index is 0.0520. The molecule has 0 radical (unpaired) electrons. The van der Waals surface area contributed by atoms with Crippen molar-refractivity contribution >= 4 is 50.0 Å². The summed E-state index contributed by atoms with van der Waals surface area (Å²) in [6.07, 6.45) is 6.44. The van der Waals surface area contributed by atoms with Crippen LogP contribution in [0.4, 0.5) is 13.9 Å². The molecule has 1 aromatic carbocycles. The van der Waals surface area contributed by atoms with Gasteiger partial charge in [-0.25, -0.2) is 13.8 Å². The molecule has 0 aliphatic heterocycles. The SMILES string of the molecule is O=C(/C=C/c1cccs1)N(Cc1ccncc1)c1nc2c(F)cc(F)cc2s1. The van der Waals surface area contributed by atoms with Crippen molar-refractivity contribution in [2.75, 3.05) is 4.90 Å². The van der Waals surface area contributed by atoms with Crippen LogP contribution in [-0.2, 0) is 11.3 Å². The highest BCUT2D eigenvalue weighted by Gasteiger charge is 2.20. The molecule has 4 nitrogen and oxygen atoms in total. The molecule has 0 saturated carbocycles. The number of aromatic nitrogens is 2. The van der Waals surface area contributed by atoms with Gasteiger partial charge in [0.1, 0.15) is 11.3 Å². The van der Waals surface area contributed by atoms with Crippen LogP contribution in [0.1, 0.15) is 10.4 Å². The van der Waals surface area contributed by atoms with E-state index in [1.165, 1.54) is 28.4 Å². The first kappa shape index (κ1) is 18.4. The summed E-state index contributed by atoms with van der Waals surface area (Å²) in [5.41, 5.74) is 0.898. The quantitative estimate of drug-likeness (QED) is 0.418.